The number of fused-ring (bicyclic) bond motifs is 1. The molecule has 0 saturated carbocycles. The van der Waals surface area contributed by atoms with Crippen molar-refractivity contribution in [2.24, 2.45) is 5.73 Å². The highest BCUT2D eigenvalue weighted by Gasteiger charge is 2.15. The van der Waals surface area contributed by atoms with E-state index in [4.69, 9.17) is 10.5 Å². The number of methoxy groups -OCH3 is 1. The minimum absolute atomic E-state index is 0.0534. The van der Waals surface area contributed by atoms with Crippen LogP contribution in [-0.4, -0.2) is 25.5 Å². The predicted molar refractivity (Wildman–Crippen MR) is 90.4 cm³/mol. The van der Waals surface area contributed by atoms with E-state index in [-0.39, 0.29) is 24.2 Å². The lowest BCUT2D eigenvalue weighted by Crippen LogP contribution is -2.29. The molecule has 122 valence electrons. The molecule has 2 rings (SSSR count). The minimum Gasteiger partial charge on any atom is -0.497 e. The summed E-state index contributed by atoms with van der Waals surface area (Å²) < 4.78 is 5.21. The average molecular weight is 314 g/mol. The normalized spacial score (nSPS) is 11.9. The summed E-state index contributed by atoms with van der Waals surface area (Å²) in [5.74, 6) is 0.153. The number of benzene rings is 2. The molecule has 0 aromatic heterocycles. The maximum absolute atomic E-state index is 12.2. The molecule has 0 bridgehead atoms. The number of rotatable bonds is 7. The minimum atomic E-state index is -0.350. The highest BCUT2D eigenvalue weighted by Crippen LogP contribution is 2.25. The van der Waals surface area contributed by atoms with Crippen molar-refractivity contribution in [1.29, 1.82) is 0 Å². The van der Waals surface area contributed by atoms with E-state index < -0.39 is 0 Å². The third kappa shape index (κ3) is 4.45. The number of hydrogen-bond donors (Lipinski definition) is 2. The van der Waals surface area contributed by atoms with Gasteiger partial charge in [0.25, 0.3) is 0 Å². The fraction of sp³-hybridized carbons (Fsp3) is 0.333. The van der Waals surface area contributed by atoms with Gasteiger partial charge in [0.2, 0.25) is 11.8 Å². The van der Waals surface area contributed by atoms with Gasteiger partial charge in [-0.2, -0.15) is 0 Å². The Bertz CT molecular complexity index is 712. The van der Waals surface area contributed by atoms with Gasteiger partial charge in [-0.1, -0.05) is 24.3 Å². The zero-order valence-electron chi connectivity index (χ0n) is 13.5. The summed E-state index contributed by atoms with van der Waals surface area (Å²) in [5, 5.41) is 4.97. The lowest BCUT2D eigenvalue weighted by Gasteiger charge is -2.13. The SMILES string of the molecule is COc1ccc2cc([C@@H](C)C(=O)NCCCC(N)=O)ccc2c1. The summed E-state index contributed by atoms with van der Waals surface area (Å²) >= 11 is 0. The lowest BCUT2D eigenvalue weighted by molar-refractivity contribution is -0.122. The Kier molecular flexibility index (Phi) is 5.57. The summed E-state index contributed by atoms with van der Waals surface area (Å²) in [4.78, 5) is 22.8. The number of nitrogens with two attached hydrogens (primary N) is 1. The molecule has 0 aliphatic carbocycles. The Morgan fingerprint density at radius 1 is 1.17 bits per heavy atom. The Hall–Kier alpha value is -2.56. The van der Waals surface area contributed by atoms with Crippen LogP contribution in [0.1, 0.15) is 31.2 Å². The summed E-state index contributed by atoms with van der Waals surface area (Å²) in [7, 11) is 1.64. The van der Waals surface area contributed by atoms with Crippen LogP contribution >= 0.6 is 0 Å². The predicted octanol–water partition coefficient (Wildman–Crippen LogP) is 2.33. The first kappa shape index (κ1) is 16.8. The van der Waals surface area contributed by atoms with Gasteiger partial charge in [-0.25, -0.2) is 0 Å². The first-order valence-electron chi connectivity index (χ1n) is 7.65. The molecule has 0 saturated heterocycles. The van der Waals surface area contributed by atoms with Crippen molar-refractivity contribution in [3.05, 3.63) is 42.0 Å². The van der Waals surface area contributed by atoms with E-state index in [0.717, 1.165) is 22.1 Å². The van der Waals surface area contributed by atoms with Crippen LogP contribution in [0, 0.1) is 0 Å². The van der Waals surface area contributed by atoms with Gasteiger partial charge in [0.05, 0.1) is 13.0 Å². The van der Waals surface area contributed by atoms with Crippen LogP contribution in [0.4, 0.5) is 0 Å². The van der Waals surface area contributed by atoms with E-state index in [1.807, 2.05) is 43.3 Å². The van der Waals surface area contributed by atoms with Crippen LogP contribution in [0.25, 0.3) is 10.8 Å². The van der Waals surface area contributed by atoms with Crippen LogP contribution in [0.15, 0.2) is 36.4 Å². The molecule has 0 radical (unpaired) electrons. The van der Waals surface area contributed by atoms with Crippen LogP contribution in [0.3, 0.4) is 0 Å². The van der Waals surface area contributed by atoms with E-state index in [2.05, 4.69) is 5.32 Å². The van der Waals surface area contributed by atoms with Gasteiger partial charge >= 0.3 is 0 Å². The molecule has 0 aliphatic rings. The van der Waals surface area contributed by atoms with Crippen molar-refractivity contribution in [1.82, 2.24) is 5.32 Å². The lowest BCUT2D eigenvalue weighted by atomic mass is 9.97. The van der Waals surface area contributed by atoms with Crippen molar-refractivity contribution >= 4 is 22.6 Å². The third-order valence-electron chi connectivity index (χ3n) is 3.86. The van der Waals surface area contributed by atoms with Gasteiger partial charge in [-0.3, -0.25) is 9.59 Å². The molecule has 0 fully saturated rings. The molecule has 3 N–H and O–H groups in total. The number of amides is 2. The molecule has 0 heterocycles. The van der Waals surface area contributed by atoms with Crippen molar-refractivity contribution in [2.45, 2.75) is 25.7 Å². The number of carbonyl (C=O) groups excluding carboxylic acids is 2. The number of carbonyl (C=O) groups is 2. The van der Waals surface area contributed by atoms with Gasteiger partial charge in [0.1, 0.15) is 5.75 Å². The Morgan fingerprint density at radius 2 is 1.87 bits per heavy atom. The molecule has 2 aromatic rings. The van der Waals surface area contributed by atoms with Crippen molar-refractivity contribution in [2.75, 3.05) is 13.7 Å². The number of ether oxygens (including phenoxy) is 1. The summed E-state index contributed by atoms with van der Waals surface area (Å²) in [6.45, 7) is 2.32. The zero-order valence-corrected chi connectivity index (χ0v) is 13.5. The van der Waals surface area contributed by atoms with E-state index >= 15 is 0 Å². The molecular weight excluding hydrogens is 292 g/mol. The highest BCUT2D eigenvalue weighted by molar-refractivity contribution is 5.88. The fourth-order valence-corrected chi connectivity index (χ4v) is 2.42. The first-order valence-corrected chi connectivity index (χ1v) is 7.65. The second-order valence-electron chi connectivity index (χ2n) is 5.56. The zero-order chi connectivity index (χ0) is 16.8. The van der Waals surface area contributed by atoms with E-state index in [9.17, 15) is 9.59 Å². The molecule has 2 amide bonds. The summed E-state index contributed by atoms with van der Waals surface area (Å²) in [6.07, 6.45) is 0.845. The second kappa shape index (κ2) is 7.63. The number of primary amides is 1. The van der Waals surface area contributed by atoms with Gasteiger partial charge in [0, 0.05) is 13.0 Å². The Labute approximate surface area is 135 Å². The Morgan fingerprint density at radius 3 is 2.57 bits per heavy atom. The average Bonchev–Trinajstić information content (AvgIpc) is 2.56. The quantitative estimate of drug-likeness (QED) is 0.770. The molecule has 5 nitrogen and oxygen atoms in total. The molecular formula is C18H22N2O3. The van der Waals surface area contributed by atoms with Gasteiger partial charge < -0.3 is 15.8 Å². The van der Waals surface area contributed by atoms with E-state index in [1.165, 1.54) is 0 Å². The van der Waals surface area contributed by atoms with Gasteiger partial charge in [-0.05, 0) is 41.8 Å². The van der Waals surface area contributed by atoms with Gasteiger partial charge in [-0.15, -0.1) is 0 Å². The molecule has 1 atom stereocenters. The van der Waals surface area contributed by atoms with Crippen LogP contribution in [0.2, 0.25) is 0 Å². The third-order valence-corrected chi connectivity index (χ3v) is 3.86. The molecule has 5 heteroatoms. The van der Waals surface area contributed by atoms with Crippen LogP contribution < -0.4 is 15.8 Å². The summed E-state index contributed by atoms with van der Waals surface area (Å²) in [5.41, 5.74) is 6.03. The number of nitrogens with one attached hydrogen (secondary N) is 1. The van der Waals surface area contributed by atoms with Crippen molar-refractivity contribution in [3.8, 4) is 5.75 Å². The maximum atomic E-state index is 12.2. The van der Waals surface area contributed by atoms with Crippen LogP contribution in [0.5, 0.6) is 5.75 Å². The smallest absolute Gasteiger partial charge is 0.227 e. The topological polar surface area (TPSA) is 81.4 Å². The Balaban J connectivity index is 2.03. The van der Waals surface area contributed by atoms with E-state index in [0.29, 0.717) is 13.0 Å². The van der Waals surface area contributed by atoms with E-state index in [1.54, 1.807) is 7.11 Å². The fourth-order valence-electron chi connectivity index (χ4n) is 2.42. The van der Waals surface area contributed by atoms with Gasteiger partial charge in [0.15, 0.2) is 0 Å². The monoisotopic (exact) mass is 314 g/mol. The first-order chi connectivity index (χ1) is 11.0. The van der Waals surface area contributed by atoms with Crippen molar-refractivity contribution in [3.63, 3.8) is 0 Å². The standard InChI is InChI=1S/C18H22N2O3/c1-12(18(22)20-9-3-4-17(19)21)13-5-6-15-11-16(23-2)8-7-14(15)10-13/h5-8,10-12H,3-4,9H2,1-2H3,(H2,19,21)(H,20,22)/t12-/m1/s1. The maximum Gasteiger partial charge on any atom is 0.227 e. The van der Waals surface area contributed by atoms with Crippen LogP contribution in [-0.2, 0) is 9.59 Å². The van der Waals surface area contributed by atoms with Crippen molar-refractivity contribution < 1.29 is 14.3 Å². The summed E-state index contributed by atoms with van der Waals surface area (Å²) in [6, 6.07) is 11.8. The largest absolute Gasteiger partial charge is 0.497 e. The highest BCUT2D eigenvalue weighted by atomic mass is 16.5. The molecule has 0 spiro atoms. The number of hydrogen-bond acceptors (Lipinski definition) is 3. The molecule has 2 aromatic carbocycles. The molecule has 0 unspecified atom stereocenters. The molecule has 23 heavy (non-hydrogen) atoms. The second-order valence-corrected chi connectivity index (χ2v) is 5.56. The molecule has 0 aliphatic heterocycles.